The zero-order chi connectivity index (χ0) is 14.6. The number of aryl methyl sites for hydroxylation is 2. The fraction of sp³-hybridized carbons (Fsp3) is 0.647. The molecule has 0 amide bonds. The van der Waals surface area contributed by atoms with E-state index in [4.69, 9.17) is 0 Å². The lowest BCUT2D eigenvalue weighted by Gasteiger charge is -2.29. The average Bonchev–Trinajstić information content (AvgIpc) is 2.22. The maximum atomic E-state index is 13.4. The minimum atomic E-state index is -0.135. The van der Waals surface area contributed by atoms with Crippen LogP contribution in [0.5, 0.6) is 0 Å². The molecule has 0 radical (unpaired) electrons. The molecule has 108 valence electrons. The summed E-state index contributed by atoms with van der Waals surface area (Å²) in [4.78, 5) is 0. The highest BCUT2D eigenvalue weighted by molar-refractivity contribution is 5.37. The lowest BCUT2D eigenvalue weighted by atomic mass is 9.83. The summed E-state index contributed by atoms with van der Waals surface area (Å²) in [5.74, 6) is -0.135. The van der Waals surface area contributed by atoms with Gasteiger partial charge in [-0.3, -0.25) is 0 Å². The molecular weight excluding hydrogens is 237 g/mol. The monoisotopic (exact) mass is 265 g/mol. The quantitative estimate of drug-likeness (QED) is 0.797. The van der Waals surface area contributed by atoms with E-state index < -0.39 is 0 Å². The number of hydrogen-bond acceptors (Lipinski definition) is 1. The molecule has 0 bridgehead atoms. The van der Waals surface area contributed by atoms with Gasteiger partial charge in [0.2, 0.25) is 0 Å². The molecule has 1 N–H and O–H groups in total. The maximum Gasteiger partial charge on any atom is 0.123 e. The lowest BCUT2D eigenvalue weighted by Crippen LogP contribution is -2.27. The van der Waals surface area contributed by atoms with Gasteiger partial charge in [0.05, 0.1) is 0 Å². The Balaban J connectivity index is 3.09. The minimum absolute atomic E-state index is 0.135. The summed E-state index contributed by atoms with van der Waals surface area (Å²) in [6, 6.07) is 3.59. The van der Waals surface area contributed by atoms with Gasteiger partial charge in [-0.05, 0) is 67.5 Å². The van der Waals surface area contributed by atoms with Crippen LogP contribution in [-0.2, 0) is 0 Å². The van der Waals surface area contributed by atoms with E-state index >= 15 is 0 Å². The van der Waals surface area contributed by atoms with Gasteiger partial charge in [0, 0.05) is 6.04 Å². The van der Waals surface area contributed by atoms with Crippen LogP contribution in [0.1, 0.15) is 63.3 Å². The Morgan fingerprint density at radius 2 is 1.68 bits per heavy atom. The molecule has 1 aromatic rings. The molecular formula is C17H28FN. The van der Waals surface area contributed by atoms with Crippen molar-refractivity contribution in [1.82, 2.24) is 5.32 Å². The van der Waals surface area contributed by atoms with Crippen molar-refractivity contribution in [1.29, 1.82) is 0 Å². The van der Waals surface area contributed by atoms with Crippen LogP contribution in [0.4, 0.5) is 4.39 Å². The van der Waals surface area contributed by atoms with Crippen LogP contribution in [0.15, 0.2) is 12.1 Å². The van der Waals surface area contributed by atoms with E-state index in [9.17, 15) is 4.39 Å². The molecule has 0 heterocycles. The van der Waals surface area contributed by atoms with Gasteiger partial charge in [-0.1, -0.05) is 27.7 Å². The molecule has 19 heavy (non-hydrogen) atoms. The van der Waals surface area contributed by atoms with Gasteiger partial charge in [0.1, 0.15) is 5.82 Å². The smallest absolute Gasteiger partial charge is 0.123 e. The Morgan fingerprint density at radius 3 is 2.11 bits per heavy atom. The van der Waals surface area contributed by atoms with Crippen molar-refractivity contribution >= 4 is 0 Å². The molecule has 1 aromatic carbocycles. The molecule has 0 aliphatic carbocycles. The predicted molar refractivity (Wildman–Crippen MR) is 81.0 cm³/mol. The van der Waals surface area contributed by atoms with E-state index in [0.29, 0.717) is 6.04 Å². The summed E-state index contributed by atoms with van der Waals surface area (Å²) < 4.78 is 13.4. The average molecular weight is 265 g/mol. The van der Waals surface area contributed by atoms with Crippen LogP contribution in [0.2, 0.25) is 0 Å². The Morgan fingerprint density at radius 1 is 1.16 bits per heavy atom. The number of halogens is 1. The third-order valence-corrected chi connectivity index (χ3v) is 3.36. The normalized spacial score (nSPS) is 13.6. The van der Waals surface area contributed by atoms with Crippen molar-refractivity contribution in [2.75, 3.05) is 6.54 Å². The van der Waals surface area contributed by atoms with Gasteiger partial charge < -0.3 is 5.32 Å². The zero-order valence-electron chi connectivity index (χ0n) is 13.2. The van der Waals surface area contributed by atoms with E-state index in [1.165, 1.54) is 5.56 Å². The molecule has 2 heteroatoms. The first-order valence-corrected chi connectivity index (χ1v) is 7.24. The lowest BCUT2D eigenvalue weighted by molar-refractivity contribution is 0.310. The van der Waals surface area contributed by atoms with Gasteiger partial charge >= 0.3 is 0 Å². The summed E-state index contributed by atoms with van der Waals surface area (Å²) in [6.45, 7) is 13.9. The van der Waals surface area contributed by atoms with E-state index in [1.54, 1.807) is 12.1 Å². The first-order valence-electron chi connectivity index (χ1n) is 7.24. The fourth-order valence-electron chi connectivity index (χ4n) is 2.68. The second kappa shape index (κ2) is 6.51. The number of benzene rings is 1. The molecule has 0 fully saturated rings. The topological polar surface area (TPSA) is 12.0 Å². The highest BCUT2D eigenvalue weighted by Gasteiger charge is 2.22. The maximum absolute atomic E-state index is 13.4. The van der Waals surface area contributed by atoms with Gasteiger partial charge in [-0.15, -0.1) is 0 Å². The summed E-state index contributed by atoms with van der Waals surface area (Å²) in [7, 11) is 0. The van der Waals surface area contributed by atoms with Crippen molar-refractivity contribution in [3.05, 3.63) is 34.6 Å². The first kappa shape index (κ1) is 16.2. The van der Waals surface area contributed by atoms with Crippen LogP contribution in [0.3, 0.4) is 0 Å². The summed E-state index contributed by atoms with van der Waals surface area (Å²) in [6.07, 6.45) is 2.17. The number of nitrogens with one attached hydrogen (secondary N) is 1. The van der Waals surface area contributed by atoms with Crippen molar-refractivity contribution < 1.29 is 4.39 Å². The van der Waals surface area contributed by atoms with Crippen LogP contribution < -0.4 is 5.32 Å². The highest BCUT2D eigenvalue weighted by atomic mass is 19.1. The molecule has 1 nitrogen and oxygen atoms in total. The second-order valence-electron chi connectivity index (χ2n) is 6.72. The Kier molecular flexibility index (Phi) is 5.54. The SMILES string of the molecule is CCCNC(CC(C)(C)C)c1c(C)cc(F)cc1C. The van der Waals surface area contributed by atoms with E-state index in [0.717, 1.165) is 30.5 Å². The largest absolute Gasteiger partial charge is 0.310 e. The van der Waals surface area contributed by atoms with Gasteiger partial charge in [-0.2, -0.15) is 0 Å². The van der Waals surface area contributed by atoms with Gasteiger partial charge in [0.25, 0.3) is 0 Å². The van der Waals surface area contributed by atoms with Crippen LogP contribution in [-0.4, -0.2) is 6.54 Å². The third kappa shape index (κ3) is 4.94. The van der Waals surface area contributed by atoms with Crippen molar-refractivity contribution in [2.45, 2.75) is 60.4 Å². The zero-order valence-corrected chi connectivity index (χ0v) is 13.2. The number of rotatable bonds is 5. The van der Waals surface area contributed by atoms with Crippen molar-refractivity contribution in [3.63, 3.8) is 0 Å². The Bertz CT molecular complexity index is 395. The molecule has 0 spiro atoms. The van der Waals surface area contributed by atoms with Crippen molar-refractivity contribution in [2.24, 2.45) is 5.41 Å². The second-order valence-corrected chi connectivity index (χ2v) is 6.72. The van der Waals surface area contributed by atoms with Crippen LogP contribution in [0.25, 0.3) is 0 Å². The predicted octanol–water partition coefficient (Wildman–Crippen LogP) is 4.92. The summed E-state index contributed by atoms with van der Waals surface area (Å²) in [5.41, 5.74) is 3.62. The van der Waals surface area contributed by atoms with Crippen LogP contribution in [0, 0.1) is 25.1 Å². The highest BCUT2D eigenvalue weighted by Crippen LogP contribution is 2.33. The first-order chi connectivity index (χ1) is 8.74. The molecule has 0 aliphatic heterocycles. The van der Waals surface area contributed by atoms with Crippen molar-refractivity contribution in [3.8, 4) is 0 Å². The Hall–Kier alpha value is -0.890. The standard InChI is InChI=1S/C17H28FN/c1-7-8-19-15(11-17(4,5)6)16-12(2)9-14(18)10-13(16)3/h9-10,15,19H,7-8,11H2,1-6H3. The molecule has 1 rings (SSSR count). The van der Waals surface area contributed by atoms with E-state index in [2.05, 4.69) is 33.0 Å². The molecule has 1 atom stereocenters. The molecule has 0 saturated carbocycles. The third-order valence-electron chi connectivity index (χ3n) is 3.36. The molecule has 0 aliphatic rings. The number of hydrogen-bond donors (Lipinski definition) is 1. The van der Waals surface area contributed by atoms with Crippen LogP contribution >= 0.6 is 0 Å². The molecule has 1 unspecified atom stereocenters. The van der Waals surface area contributed by atoms with Gasteiger partial charge in [0.15, 0.2) is 0 Å². The van der Waals surface area contributed by atoms with E-state index in [-0.39, 0.29) is 11.2 Å². The van der Waals surface area contributed by atoms with Gasteiger partial charge in [-0.25, -0.2) is 4.39 Å². The molecule has 0 saturated heterocycles. The van der Waals surface area contributed by atoms with E-state index in [1.807, 2.05) is 13.8 Å². The minimum Gasteiger partial charge on any atom is -0.310 e. The Labute approximate surface area is 117 Å². The fourth-order valence-corrected chi connectivity index (χ4v) is 2.68. The summed E-state index contributed by atoms with van der Waals surface area (Å²) in [5, 5.41) is 3.62. The molecule has 0 aromatic heterocycles. The summed E-state index contributed by atoms with van der Waals surface area (Å²) >= 11 is 0.